The van der Waals surface area contributed by atoms with Crippen LogP contribution in [0.5, 0.6) is 5.75 Å². The van der Waals surface area contributed by atoms with E-state index >= 15 is 0 Å². The molecule has 3 atom stereocenters. The van der Waals surface area contributed by atoms with Crippen LogP contribution in [-0.2, 0) is 22.1 Å². The molecule has 3 aromatic rings. The van der Waals surface area contributed by atoms with Gasteiger partial charge in [0.25, 0.3) is 0 Å². The average Bonchev–Trinajstić information content (AvgIpc) is 3.08. The van der Waals surface area contributed by atoms with Gasteiger partial charge < -0.3 is 24.7 Å². The predicted octanol–water partition coefficient (Wildman–Crippen LogP) is 6.87. The molecule has 2 bridgehead atoms. The number of ether oxygens (including phenoxy) is 2. The van der Waals surface area contributed by atoms with Gasteiger partial charge in [0.1, 0.15) is 17.9 Å². The first-order valence-electron chi connectivity index (χ1n) is 14.4. The van der Waals surface area contributed by atoms with Crippen molar-refractivity contribution in [1.82, 2.24) is 14.9 Å². The molecule has 0 spiro atoms. The highest BCUT2D eigenvalue weighted by molar-refractivity contribution is 7.70. The van der Waals surface area contributed by atoms with E-state index in [1.807, 2.05) is 6.07 Å². The summed E-state index contributed by atoms with van der Waals surface area (Å²) in [5, 5.41) is 6.65. The molecule has 2 aromatic carbocycles. The van der Waals surface area contributed by atoms with Crippen molar-refractivity contribution in [3.63, 3.8) is 0 Å². The van der Waals surface area contributed by atoms with Crippen LogP contribution in [0.3, 0.4) is 0 Å². The van der Waals surface area contributed by atoms with Crippen molar-refractivity contribution in [2.75, 3.05) is 37.2 Å². The third-order valence-electron chi connectivity index (χ3n) is 8.45. The molecule has 43 heavy (non-hydrogen) atoms. The van der Waals surface area contributed by atoms with Crippen LogP contribution in [0.25, 0.3) is 0 Å². The van der Waals surface area contributed by atoms with Crippen molar-refractivity contribution in [3.8, 4) is 5.75 Å². The molecule has 0 amide bonds. The zero-order chi connectivity index (χ0) is 30.4. The van der Waals surface area contributed by atoms with Crippen LogP contribution in [0, 0.1) is 0 Å². The van der Waals surface area contributed by atoms with Crippen molar-refractivity contribution < 1.29 is 27.2 Å². The second-order valence-corrected chi connectivity index (χ2v) is 15.4. The van der Waals surface area contributed by atoms with Gasteiger partial charge in [-0.25, -0.2) is 4.98 Å². The predicted molar refractivity (Wildman–Crippen MR) is 162 cm³/mol. The van der Waals surface area contributed by atoms with Crippen LogP contribution < -0.4 is 20.7 Å². The zero-order valence-electron chi connectivity index (χ0n) is 24.0. The molecular formula is C30H34ClF3N5O3P. The first kappa shape index (κ1) is 30.2. The maximum absolute atomic E-state index is 13.0. The molecule has 6 rings (SSSR count). The van der Waals surface area contributed by atoms with E-state index in [1.165, 1.54) is 49.6 Å². The highest BCUT2D eigenvalue weighted by Gasteiger charge is 2.41. The Hall–Kier alpha value is -2.85. The lowest BCUT2D eigenvalue weighted by Crippen LogP contribution is -2.51. The minimum Gasteiger partial charge on any atom is -0.406 e. The Morgan fingerprint density at radius 3 is 2.40 bits per heavy atom. The van der Waals surface area contributed by atoms with E-state index in [1.54, 1.807) is 0 Å². The van der Waals surface area contributed by atoms with Crippen LogP contribution in [0.15, 0.2) is 42.6 Å². The molecule has 2 saturated heterocycles. The number of aromatic nitrogens is 2. The van der Waals surface area contributed by atoms with E-state index in [-0.39, 0.29) is 22.1 Å². The summed E-state index contributed by atoms with van der Waals surface area (Å²) in [6.45, 7) is 4.62. The van der Waals surface area contributed by atoms with Gasteiger partial charge in [-0.15, -0.1) is 13.2 Å². The molecule has 13 heteroatoms. The van der Waals surface area contributed by atoms with Gasteiger partial charge in [-0.2, -0.15) is 4.98 Å². The number of aryl methyl sites for hydroxylation is 2. The fourth-order valence-electron chi connectivity index (χ4n) is 6.55. The molecule has 1 aliphatic carbocycles. The van der Waals surface area contributed by atoms with Gasteiger partial charge in [0.05, 0.1) is 25.1 Å². The number of hydrogen-bond donors (Lipinski definition) is 2. The SMILES string of the molecule is CP(C)(=O)c1cc(OC(F)(F)F)ccc1Nc1nc(Nc2ccc3c(c2)CC[C@@H](N2C4CCC2COC4)CC3)ncc1Cl. The number of anilines is 4. The summed E-state index contributed by atoms with van der Waals surface area (Å²) in [5.74, 6) is 0.0500. The average molecular weight is 636 g/mol. The number of alkyl halides is 3. The minimum absolute atomic E-state index is 0.174. The van der Waals surface area contributed by atoms with Crippen molar-refractivity contribution >= 4 is 47.2 Å². The largest absolute Gasteiger partial charge is 0.573 e. The van der Waals surface area contributed by atoms with Crippen LogP contribution in [0.2, 0.25) is 5.02 Å². The van der Waals surface area contributed by atoms with Gasteiger partial charge in [0.15, 0.2) is 5.82 Å². The first-order valence-corrected chi connectivity index (χ1v) is 17.4. The van der Waals surface area contributed by atoms with Gasteiger partial charge in [-0.05, 0) is 93.3 Å². The normalized spacial score (nSPS) is 22.5. The summed E-state index contributed by atoms with van der Waals surface area (Å²) >= 11 is 6.38. The maximum Gasteiger partial charge on any atom is 0.573 e. The zero-order valence-corrected chi connectivity index (χ0v) is 25.6. The lowest BCUT2D eigenvalue weighted by atomic mass is 10.0. The van der Waals surface area contributed by atoms with Gasteiger partial charge in [0, 0.05) is 29.1 Å². The van der Waals surface area contributed by atoms with Crippen LogP contribution in [0.1, 0.15) is 36.8 Å². The number of hydrogen-bond acceptors (Lipinski definition) is 8. The summed E-state index contributed by atoms with van der Waals surface area (Å²) in [7, 11) is -3.02. The molecule has 2 N–H and O–H groups in total. The van der Waals surface area contributed by atoms with E-state index in [0.717, 1.165) is 56.7 Å². The smallest absolute Gasteiger partial charge is 0.406 e. The molecule has 2 aliphatic heterocycles. The summed E-state index contributed by atoms with van der Waals surface area (Å²) in [5.41, 5.74) is 3.83. The van der Waals surface area contributed by atoms with E-state index < -0.39 is 19.3 Å². The number of morpholine rings is 1. The Bertz CT molecular complexity index is 1540. The van der Waals surface area contributed by atoms with E-state index in [0.29, 0.717) is 23.8 Å². The highest BCUT2D eigenvalue weighted by Crippen LogP contribution is 2.41. The Balaban J connectivity index is 1.18. The number of rotatable bonds is 7. The van der Waals surface area contributed by atoms with Gasteiger partial charge >= 0.3 is 6.36 Å². The lowest BCUT2D eigenvalue weighted by Gasteiger charge is -2.40. The van der Waals surface area contributed by atoms with E-state index in [9.17, 15) is 17.7 Å². The van der Waals surface area contributed by atoms with E-state index in [4.69, 9.17) is 16.3 Å². The second kappa shape index (κ2) is 11.9. The Morgan fingerprint density at radius 1 is 0.977 bits per heavy atom. The van der Waals surface area contributed by atoms with Crippen LogP contribution in [0.4, 0.5) is 36.3 Å². The molecule has 2 unspecified atom stereocenters. The summed E-state index contributed by atoms with van der Waals surface area (Å²) in [6.07, 6.45) is 3.32. The van der Waals surface area contributed by atoms with Crippen molar-refractivity contribution in [2.24, 2.45) is 0 Å². The molecule has 3 heterocycles. The minimum atomic E-state index is -4.87. The van der Waals surface area contributed by atoms with Gasteiger partial charge in [0.2, 0.25) is 5.95 Å². The Morgan fingerprint density at radius 2 is 1.70 bits per heavy atom. The Labute approximate surface area is 253 Å². The number of nitrogens with zero attached hydrogens (tertiary/aromatic N) is 3. The van der Waals surface area contributed by atoms with Crippen LogP contribution >= 0.6 is 18.7 Å². The molecule has 230 valence electrons. The fraction of sp³-hybridized carbons (Fsp3) is 0.467. The first-order chi connectivity index (χ1) is 20.4. The number of benzene rings is 2. The summed E-state index contributed by atoms with van der Waals surface area (Å²) < 4.78 is 61.1. The summed E-state index contributed by atoms with van der Waals surface area (Å²) in [6, 6.07) is 11.6. The Kier molecular flexibility index (Phi) is 8.37. The van der Waals surface area contributed by atoms with E-state index in [2.05, 4.69) is 42.4 Å². The molecule has 0 saturated carbocycles. The molecule has 3 aliphatic rings. The molecule has 0 radical (unpaired) electrons. The summed E-state index contributed by atoms with van der Waals surface area (Å²) in [4.78, 5) is 11.6. The molecular weight excluding hydrogens is 602 g/mol. The van der Waals surface area contributed by atoms with Crippen molar-refractivity contribution in [1.29, 1.82) is 0 Å². The highest BCUT2D eigenvalue weighted by atomic mass is 35.5. The number of nitrogens with one attached hydrogen (secondary N) is 2. The third kappa shape index (κ3) is 6.95. The van der Waals surface area contributed by atoms with Gasteiger partial charge in [-0.1, -0.05) is 17.7 Å². The quantitative estimate of drug-likeness (QED) is 0.215. The van der Waals surface area contributed by atoms with Crippen molar-refractivity contribution in [2.45, 2.75) is 63.0 Å². The topological polar surface area (TPSA) is 88.6 Å². The number of fused-ring (bicyclic) bond motifs is 3. The molecule has 1 aromatic heterocycles. The van der Waals surface area contributed by atoms with Crippen molar-refractivity contribution in [3.05, 3.63) is 58.7 Å². The maximum atomic E-state index is 13.0. The molecule has 8 nitrogen and oxygen atoms in total. The lowest BCUT2D eigenvalue weighted by molar-refractivity contribution is -0.274. The van der Waals surface area contributed by atoms with Gasteiger partial charge in [-0.3, -0.25) is 4.90 Å². The van der Waals surface area contributed by atoms with Crippen LogP contribution in [-0.4, -0.2) is 65.9 Å². The third-order valence-corrected chi connectivity index (χ3v) is 10.3. The monoisotopic (exact) mass is 635 g/mol. The fourth-order valence-corrected chi connectivity index (χ4v) is 7.84. The standard InChI is InChI=1S/C30H34ClF3N5O3P/c1-43(2,40)27-14-24(42-30(32,33)34)11-12-26(27)37-28-25(31)15-35-29(38-28)36-20-6-3-18-4-7-21(8-5-19(18)13-20)39-22-9-10-23(39)17-41-16-22/h3,6,11-15,21-23H,4-5,7-10,16-17H2,1-2H3,(H2,35,36,37,38)/t21-,22?,23?/m0/s1. The second-order valence-electron chi connectivity index (χ2n) is 11.8. The number of halogens is 4. The molecule has 2 fully saturated rings.